The van der Waals surface area contributed by atoms with E-state index in [1.54, 1.807) is 6.08 Å². The summed E-state index contributed by atoms with van der Waals surface area (Å²) in [6.45, 7) is 5.99. The molecule has 2 aromatic heterocycles. The minimum atomic E-state index is 0.781. The van der Waals surface area contributed by atoms with E-state index in [0.29, 0.717) is 0 Å². The van der Waals surface area contributed by atoms with E-state index in [2.05, 4.69) is 180 Å². The minimum Gasteiger partial charge on any atom is -0.456 e. The molecule has 9 aromatic rings. The number of allylic oxidation sites excluding steroid dienone is 1. The fourth-order valence-corrected chi connectivity index (χ4v) is 7.32. The second kappa shape index (κ2) is 12.1. The van der Waals surface area contributed by atoms with Crippen molar-refractivity contribution in [3.05, 3.63) is 182 Å². The molecule has 0 unspecified atom stereocenters. The molecule has 0 radical (unpaired) electrons. The molecule has 3 heteroatoms. The zero-order valence-electron chi connectivity index (χ0n) is 27.8. The van der Waals surface area contributed by atoms with Crippen LogP contribution in [0.25, 0.3) is 72.5 Å². The number of furan rings is 1. The van der Waals surface area contributed by atoms with Crippen LogP contribution in [-0.4, -0.2) is 4.57 Å². The quantitative estimate of drug-likeness (QED) is 0.172. The molecule has 0 saturated carbocycles. The van der Waals surface area contributed by atoms with Crippen molar-refractivity contribution in [1.29, 1.82) is 0 Å². The molecule has 0 N–H and O–H groups in total. The van der Waals surface area contributed by atoms with E-state index >= 15 is 0 Å². The van der Waals surface area contributed by atoms with Gasteiger partial charge in [-0.3, -0.25) is 0 Å². The van der Waals surface area contributed by atoms with Crippen molar-refractivity contribution in [2.24, 2.45) is 0 Å². The van der Waals surface area contributed by atoms with Crippen LogP contribution in [0.3, 0.4) is 0 Å². The summed E-state index contributed by atoms with van der Waals surface area (Å²) in [5.74, 6) is 0.781. The molecule has 2 heterocycles. The summed E-state index contributed by atoms with van der Waals surface area (Å²) < 4.78 is 8.50. The number of nitrogens with zero attached hydrogens (tertiary/aromatic N) is 2. The highest BCUT2D eigenvalue weighted by Gasteiger charge is 2.17. The van der Waals surface area contributed by atoms with Crippen LogP contribution in [0.4, 0.5) is 17.1 Å². The van der Waals surface area contributed by atoms with Crippen LogP contribution >= 0.6 is 0 Å². The Kier molecular flexibility index (Phi) is 7.18. The van der Waals surface area contributed by atoms with Crippen molar-refractivity contribution in [2.75, 3.05) is 4.90 Å². The van der Waals surface area contributed by atoms with E-state index in [-0.39, 0.29) is 0 Å². The highest BCUT2D eigenvalue weighted by molar-refractivity contribution is 6.13. The Morgan fingerprint density at radius 3 is 1.94 bits per heavy atom. The summed E-state index contributed by atoms with van der Waals surface area (Å²) in [5, 5.41) is 6.10. The fraction of sp³-hybridized carbons (Fsp3) is 0.0213. The zero-order chi connectivity index (χ0) is 33.6. The van der Waals surface area contributed by atoms with E-state index in [1.807, 2.05) is 13.0 Å². The van der Waals surface area contributed by atoms with Crippen LogP contribution < -0.4 is 4.90 Å². The summed E-state index contributed by atoms with van der Waals surface area (Å²) in [6, 6.07) is 56.6. The van der Waals surface area contributed by atoms with Gasteiger partial charge in [-0.1, -0.05) is 104 Å². The molecular weight excluding hydrogens is 609 g/mol. The molecule has 9 rings (SSSR count). The molecule has 0 spiro atoms. The Morgan fingerprint density at radius 1 is 0.560 bits per heavy atom. The topological polar surface area (TPSA) is 21.3 Å². The summed E-state index contributed by atoms with van der Waals surface area (Å²) in [5.41, 5.74) is 11.0. The molecule has 0 fully saturated rings. The maximum atomic E-state index is 6.11. The van der Waals surface area contributed by atoms with Gasteiger partial charge >= 0.3 is 0 Å². The fourth-order valence-electron chi connectivity index (χ4n) is 7.32. The Balaban J connectivity index is 1.09. The Labute approximate surface area is 291 Å². The maximum absolute atomic E-state index is 6.11. The molecule has 0 bridgehead atoms. The molecular formula is C47H34N2O. The third-order valence-electron chi connectivity index (χ3n) is 9.65. The predicted molar refractivity (Wildman–Crippen MR) is 213 cm³/mol. The lowest BCUT2D eigenvalue weighted by molar-refractivity contribution is 0.603. The molecule has 0 aliphatic carbocycles. The van der Waals surface area contributed by atoms with Gasteiger partial charge in [0, 0.05) is 44.5 Å². The first-order chi connectivity index (χ1) is 24.7. The molecule has 0 amide bonds. The minimum absolute atomic E-state index is 0.781. The third-order valence-corrected chi connectivity index (χ3v) is 9.65. The monoisotopic (exact) mass is 642 g/mol. The molecule has 0 aliphatic heterocycles. The van der Waals surface area contributed by atoms with E-state index in [1.165, 1.54) is 38.1 Å². The van der Waals surface area contributed by atoms with Gasteiger partial charge in [-0.25, -0.2) is 0 Å². The van der Waals surface area contributed by atoms with Crippen molar-refractivity contribution in [2.45, 2.75) is 6.92 Å². The van der Waals surface area contributed by atoms with Crippen molar-refractivity contribution < 1.29 is 4.42 Å². The summed E-state index contributed by atoms with van der Waals surface area (Å²) in [6.07, 6.45) is 5.90. The second-order valence-corrected chi connectivity index (χ2v) is 12.6. The molecule has 238 valence electrons. The Hall–Kier alpha value is -6.58. The Morgan fingerprint density at radius 2 is 1.20 bits per heavy atom. The number of hydrogen-bond acceptors (Lipinski definition) is 2. The zero-order valence-corrected chi connectivity index (χ0v) is 27.8. The number of aromatic nitrogens is 1. The molecule has 0 atom stereocenters. The van der Waals surface area contributed by atoms with Crippen molar-refractivity contribution in [3.8, 4) is 16.8 Å². The van der Waals surface area contributed by atoms with Crippen LogP contribution in [0, 0.1) is 0 Å². The van der Waals surface area contributed by atoms with Crippen LogP contribution in [0.15, 0.2) is 175 Å². The van der Waals surface area contributed by atoms with E-state index < -0.39 is 0 Å². The number of hydrogen-bond donors (Lipinski definition) is 0. The van der Waals surface area contributed by atoms with Crippen LogP contribution in [0.1, 0.15) is 18.2 Å². The molecule has 50 heavy (non-hydrogen) atoms. The van der Waals surface area contributed by atoms with Gasteiger partial charge < -0.3 is 13.9 Å². The van der Waals surface area contributed by atoms with Gasteiger partial charge in [-0.05, 0) is 108 Å². The van der Waals surface area contributed by atoms with Crippen molar-refractivity contribution in [1.82, 2.24) is 4.57 Å². The van der Waals surface area contributed by atoms with Crippen LogP contribution in [0.5, 0.6) is 0 Å². The summed E-state index contributed by atoms with van der Waals surface area (Å²) in [4.78, 5) is 2.29. The first kappa shape index (κ1) is 29.6. The molecule has 0 saturated heterocycles. The summed E-state index contributed by atoms with van der Waals surface area (Å²) in [7, 11) is 0. The van der Waals surface area contributed by atoms with Gasteiger partial charge in [0.05, 0.1) is 11.0 Å². The largest absolute Gasteiger partial charge is 0.456 e. The smallest absolute Gasteiger partial charge is 0.135 e. The van der Waals surface area contributed by atoms with Gasteiger partial charge in [0.15, 0.2) is 0 Å². The summed E-state index contributed by atoms with van der Waals surface area (Å²) >= 11 is 0. The number of para-hydroxylation sites is 2. The molecule has 0 aliphatic rings. The highest BCUT2D eigenvalue weighted by atomic mass is 16.3. The standard InChI is InChI=1S/C47H34N2O/c1-3-12-41-43-31-39(27-28-47(43)50-46(41)4-2)48(36-15-6-5-7-16-36)37-23-19-32(20-24-37)33-21-25-38(26-22-33)49-44-18-11-10-17-40(44)42-29-34-13-8-9-14-35(34)30-45(42)49/h3-31H,2H2,1H3/b12-3-. The maximum Gasteiger partial charge on any atom is 0.135 e. The van der Waals surface area contributed by atoms with Gasteiger partial charge in [0.2, 0.25) is 0 Å². The first-order valence-electron chi connectivity index (χ1n) is 17.0. The van der Waals surface area contributed by atoms with Gasteiger partial charge in [-0.15, -0.1) is 0 Å². The lowest BCUT2D eigenvalue weighted by Crippen LogP contribution is -2.09. The second-order valence-electron chi connectivity index (χ2n) is 12.6. The van der Waals surface area contributed by atoms with Crippen LogP contribution in [-0.2, 0) is 0 Å². The van der Waals surface area contributed by atoms with Gasteiger partial charge in [-0.2, -0.15) is 0 Å². The van der Waals surface area contributed by atoms with Gasteiger partial charge in [0.1, 0.15) is 11.3 Å². The Bertz CT molecular complexity index is 2710. The number of benzene rings is 7. The van der Waals surface area contributed by atoms with Crippen LogP contribution in [0.2, 0.25) is 0 Å². The van der Waals surface area contributed by atoms with Crippen molar-refractivity contribution in [3.63, 3.8) is 0 Å². The average Bonchev–Trinajstić information content (AvgIpc) is 3.69. The lowest BCUT2D eigenvalue weighted by Gasteiger charge is -2.25. The number of anilines is 3. The van der Waals surface area contributed by atoms with Crippen molar-refractivity contribution >= 4 is 72.8 Å². The third kappa shape index (κ3) is 4.91. The van der Waals surface area contributed by atoms with E-state index in [9.17, 15) is 0 Å². The lowest BCUT2D eigenvalue weighted by atomic mass is 10.0. The van der Waals surface area contributed by atoms with E-state index in [0.717, 1.165) is 50.6 Å². The normalized spacial score (nSPS) is 11.7. The number of fused-ring (bicyclic) bond motifs is 5. The first-order valence-corrected chi connectivity index (χ1v) is 17.0. The molecule has 3 nitrogen and oxygen atoms in total. The SMILES string of the molecule is C=Cc1oc2ccc(N(c3ccccc3)c3ccc(-c4ccc(-n5c6ccccc6c6cc7ccccc7cc65)cc4)cc3)cc2c1/C=C\C. The van der Waals surface area contributed by atoms with Gasteiger partial charge in [0.25, 0.3) is 0 Å². The highest BCUT2D eigenvalue weighted by Crippen LogP contribution is 2.40. The number of rotatable bonds is 7. The molecule has 7 aromatic carbocycles. The van der Waals surface area contributed by atoms with E-state index in [4.69, 9.17) is 4.42 Å². The average molecular weight is 643 g/mol. The predicted octanol–water partition coefficient (Wildman–Crippen LogP) is 13.5.